The van der Waals surface area contributed by atoms with Crippen LogP contribution in [-0.4, -0.2) is 48.1 Å². The largest absolute Gasteiger partial charge is 0.507 e. The summed E-state index contributed by atoms with van der Waals surface area (Å²) >= 11 is 0. The van der Waals surface area contributed by atoms with Gasteiger partial charge < -0.3 is 19.5 Å². The van der Waals surface area contributed by atoms with Crippen molar-refractivity contribution in [3.05, 3.63) is 83.4 Å². The molecular formula is C27H27NO5. The molecule has 0 radical (unpaired) electrons. The van der Waals surface area contributed by atoms with Gasteiger partial charge in [0.05, 0.1) is 24.3 Å². The minimum atomic E-state index is -0.755. The Kier molecular flexibility index (Phi) is 6.47. The highest BCUT2D eigenvalue weighted by atomic mass is 16.5. The molecule has 170 valence electrons. The zero-order valence-corrected chi connectivity index (χ0v) is 18.9. The monoisotopic (exact) mass is 445 g/mol. The van der Waals surface area contributed by atoms with Gasteiger partial charge in [0.1, 0.15) is 11.5 Å². The Labute approximate surface area is 193 Å². The van der Waals surface area contributed by atoms with Gasteiger partial charge in [-0.1, -0.05) is 54.6 Å². The van der Waals surface area contributed by atoms with Crippen molar-refractivity contribution < 1.29 is 24.2 Å². The van der Waals surface area contributed by atoms with Crippen molar-refractivity contribution in [2.75, 3.05) is 20.3 Å². The maximum absolute atomic E-state index is 13.2. The highest BCUT2D eigenvalue weighted by molar-refractivity contribution is 6.46. The predicted molar refractivity (Wildman–Crippen MR) is 127 cm³/mol. The lowest BCUT2D eigenvalue weighted by Gasteiger charge is -2.25. The first kappa shape index (κ1) is 22.6. The van der Waals surface area contributed by atoms with E-state index in [-0.39, 0.29) is 30.6 Å². The van der Waals surface area contributed by atoms with Crippen LogP contribution in [0.1, 0.15) is 31.0 Å². The molecule has 0 spiro atoms. The maximum atomic E-state index is 13.2. The van der Waals surface area contributed by atoms with E-state index in [1.165, 1.54) is 4.90 Å². The van der Waals surface area contributed by atoms with Crippen molar-refractivity contribution in [1.29, 1.82) is 0 Å². The summed E-state index contributed by atoms with van der Waals surface area (Å²) in [6, 6.07) is 19.7. The van der Waals surface area contributed by atoms with E-state index in [4.69, 9.17) is 9.47 Å². The Balaban J connectivity index is 1.91. The van der Waals surface area contributed by atoms with Crippen LogP contribution in [0.5, 0.6) is 5.75 Å². The summed E-state index contributed by atoms with van der Waals surface area (Å²) in [6.45, 7) is 4.34. The number of benzene rings is 3. The lowest BCUT2D eigenvalue weighted by molar-refractivity contribution is -0.140. The molecule has 1 aliphatic rings. The van der Waals surface area contributed by atoms with Gasteiger partial charge in [0.25, 0.3) is 11.7 Å². The molecule has 1 saturated heterocycles. The van der Waals surface area contributed by atoms with E-state index in [1.807, 2.05) is 74.5 Å². The normalized spacial score (nSPS) is 17.8. The number of likely N-dealkylation sites (tertiary alicyclic amines) is 1. The van der Waals surface area contributed by atoms with Crippen molar-refractivity contribution in [1.82, 2.24) is 4.90 Å². The second kappa shape index (κ2) is 9.46. The summed E-state index contributed by atoms with van der Waals surface area (Å²) in [7, 11) is 1.54. The lowest BCUT2D eigenvalue weighted by Crippen LogP contribution is -2.32. The van der Waals surface area contributed by atoms with E-state index in [2.05, 4.69) is 0 Å². The minimum Gasteiger partial charge on any atom is -0.507 e. The van der Waals surface area contributed by atoms with Gasteiger partial charge in [-0.05, 0) is 42.3 Å². The number of ether oxygens (including phenoxy) is 2. The van der Waals surface area contributed by atoms with Gasteiger partial charge in [-0.2, -0.15) is 0 Å². The van der Waals surface area contributed by atoms with Crippen LogP contribution in [-0.2, 0) is 14.3 Å². The number of aliphatic hydroxyl groups is 1. The summed E-state index contributed by atoms with van der Waals surface area (Å²) < 4.78 is 11.0. The molecule has 1 aliphatic heterocycles. The van der Waals surface area contributed by atoms with Crippen LogP contribution in [0.25, 0.3) is 16.5 Å². The van der Waals surface area contributed by atoms with Crippen LogP contribution in [0, 0.1) is 0 Å². The standard InChI is InChI=1S/C27H27NO5/c1-17(2)33-20-11-6-10-19(16-20)24-23(26(30)27(31)28(24)14-15-32-3)25(29)22-13-7-9-18-8-4-5-12-21(18)22/h4-13,16-17,24,29H,14-15H2,1-3H3/b25-23-. The van der Waals surface area contributed by atoms with Crippen LogP contribution in [0.15, 0.2) is 72.3 Å². The summed E-state index contributed by atoms with van der Waals surface area (Å²) in [5.41, 5.74) is 1.26. The number of hydrogen-bond donors (Lipinski definition) is 1. The number of carbonyl (C=O) groups excluding carboxylic acids is 2. The number of rotatable bonds is 7. The van der Waals surface area contributed by atoms with Gasteiger partial charge in [-0.15, -0.1) is 0 Å². The molecule has 0 bridgehead atoms. The molecule has 3 aromatic rings. The van der Waals surface area contributed by atoms with Crippen molar-refractivity contribution >= 4 is 28.2 Å². The molecule has 1 amide bonds. The molecule has 1 atom stereocenters. The third-order valence-electron chi connectivity index (χ3n) is 5.67. The molecule has 4 rings (SSSR count). The molecule has 1 N–H and O–H groups in total. The number of fused-ring (bicyclic) bond motifs is 1. The highest BCUT2D eigenvalue weighted by Gasteiger charge is 2.46. The molecule has 33 heavy (non-hydrogen) atoms. The quantitative estimate of drug-likeness (QED) is 0.324. The van der Waals surface area contributed by atoms with Crippen molar-refractivity contribution in [2.24, 2.45) is 0 Å². The summed E-state index contributed by atoms with van der Waals surface area (Å²) in [4.78, 5) is 27.7. The zero-order chi connectivity index (χ0) is 23.5. The average molecular weight is 446 g/mol. The second-order valence-corrected chi connectivity index (χ2v) is 8.25. The third kappa shape index (κ3) is 4.34. The van der Waals surface area contributed by atoms with Crippen LogP contribution in [0.3, 0.4) is 0 Å². The van der Waals surface area contributed by atoms with Crippen LogP contribution >= 0.6 is 0 Å². The first-order valence-electron chi connectivity index (χ1n) is 10.9. The zero-order valence-electron chi connectivity index (χ0n) is 18.9. The van der Waals surface area contributed by atoms with Gasteiger partial charge in [-0.25, -0.2) is 0 Å². The topological polar surface area (TPSA) is 76.1 Å². The molecule has 0 aliphatic carbocycles. The number of carbonyl (C=O) groups is 2. The molecule has 6 nitrogen and oxygen atoms in total. The molecule has 0 aromatic heterocycles. The van der Waals surface area contributed by atoms with Gasteiger partial charge >= 0.3 is 0 Å². The SMILES string of the molecule is COCCN1C(=O)C(=O)/C(=C(\O)c2cccc3ccccc23)C1c1cccc(OC(C)C)c1. The number of nitrogens with zero attached hydrogens (tertiary/aromatic N) is 1. The van der Waals surface area contributed by atoms with Crippen LogP contribution in [0.4, 0.5) is 0 Å². The van der Waals surface area contributed by atoms with E-state index in [9.17, 15) is 14.7 Å². The van der Waals surface area contributed by atoms with Gasteiger partial charge in [-0.3, -0.25) is 9.59 Å². The molecule has 6 heteroatoms. The first-order valence-corrected chi connectivity index (χ1v) is 10.9. The fourth-order valence-electron chi connectivity index (χ4n) is 4.25. The van der Waals surface area contributed by atoms with E-state index < -0.39 is 17.7 Å². The number of Topliss-reactive ketones (excluding diaryl/α,β-unsaturated/α-hetero) is 1. The van der Waals surface area contributed by atoms with Crippen LogP contribution in [0.2, 0.25) is 0 Å². The Morgan fingerprint density at radius 3 is 2.52 bits per heavy atom. The molecule has 3 aromatic carbocycles. The first-order chi connectivity index (χ1) is 15.9. The minimum absolute atomic E-state index is 0.0317. The Bertz CT molecular complexity index is 1220. The maximum Gasteiger partial charge on any atom is 0.295 e. The van der Waals surface area contributed by atoms with Gasteiger partial charge in [0.15, 0.2) is 0 Å². The number of aliphatic hydroxyl groups excluding tert-OH is 1. The third-order valence-corrected chi connectivity index (χ3v) is 5.67. The van der Waals surface area contributed by atoms with E-state index in [0.717, 1.165) is 10.8 Å². The molecular weight excluding hydrogens is 418 g/mol. The summed E-state index contributed by atoms with van der Waals surface area (Å²) in [5, 5.41) is 13.1. The van der Waals surface area contributed by atoms with Crippen LogP contribution < -0.4 is 4.74 Å². The van der Waals surface area contributed by atoms with Crippen molar-refractivity contribution in [3.8, 4) is 5.75 Å². The Morgan fingerprint density at radius 1 is 1.03 bits per heavy atom. The highest BCUT2D eigenvalue weighted by Crippen LogP contribution is 2.41. The number of hydrogen-bond acceptors (Lipinski definition) is 5. The lowest BCUT2D eigenvalue weighted by atomic mass is 9.93. The summed E-state index contributed by atoms with van der Waals surface area (Å²) in [6.07, 6.45) is -0.0317. The van der Waals surface area contributed by atoms with E-state index >= 15 is 0 Å². The van der Waals surface area contributed by atoms with Gasteiger partial charge in [0, 0.05) is 19.2 Å². The average Bonchev–Trinajstić information content (AvgIpc) is 3.06. The fourth-order valence-corrected chi connectivity index (χ4v) is 4.25. The number of amides is 1. The number of methoxy groups -OCH3 is 1. The Morgan fingerprint density at radius 2 is 1.76 bits per heavy atom. The Hall–Kier alpha value is -3.64. The fraction of sp³-hybridized carbons (Fsp3) is 0.259. The molecule has 1 unspecified atom stereocenters. The van der Waals surface area contributed by atoms with Gasteiger partial charge in [0.2, 0.25) is 0 Å². The second-order valence-electron chi connectivity index (χ2n) is 8.25. The molecule has 1 fully saturated rings. The number of ketones is 1. The van der Waals surface area contributed by atoms with E-state index in [1.54, 1.807) is 13.2 Å². The molecule has 1 heterocycles. The molecule has 0 saturated carbocycles. The smallest absolute Gasteiger partial charge is 0.295 e. The summed E-state index contributed by atoms with van der Waals surface area (Å²) in [5.74, 6) is -0.930. The van der Waals surface area contributed by atoms with E-state index in [0.29, 0.717) is 16.9 Å². The predicted octanol–water partition coefficient (Wildman–Crippen LogP) is 4.70. The van der Waals surface area contributed by atoms with Crippen molar-refractivity contribution in [3.63, 3.8) is 0 Å². The van der Waals surface area contributed by atoms with Crippen molar-refractivity contribution in [2.45, 2.75) is 26.0 Å².